The minimum absolute atomic E-state index is 0.0976. The van der Waals surface area contributed by atoms with Crippen LogP contribution in [0.1, 0.15) is 12.6 Å². The molecular weight excluding hydrogens is 212 g/mol. The molecule has 3 nitrogen and oxygen atoms in total. The van der Waals surface area contributed by atoms with Crippen LogP contribution in [0.25, 0.3) is 0 Å². The second kappa shape index (κ2) is 7.41. The maximum absolute atomic E-state index is 9.32. The van der Waals surface area contributed by atoms with E-state index in [-0.39, 0.29) is 11.8 Å². The van der Waals surface area contributed by atoms with Gasteiger partial charge >= 0.3 is 0 Å². The van der Waals surface area contributed by atoms with Crippen molar-refractivity contribution in [1.82, 2.24) is 4.98 Å². The third-order valence-electron chi connectivity index (χ3n) is 2.13. The predicted octanol–water partition coefficient (Wildman–Crippen LogP) is 2.53. The van der Waals surface area contributed by atoms with Crippen LogP contribution in [-0.2, 0) is 6.42 Å². The summed E-state index contributed by atoms with van der Waals surface area (Å²) < 4.78 is 0. The molecule has 1 aromatic heterocycles. The lowest BCUT2D eigenvalue weighted by molar-refractivity contribution is 0.432. The first-order valence-corrected chi connectivity index (χ1v) is 5.58. The topological polar surface area (TPSA) is 59.1 Å². The van der Waals surface area contributed by atoms with E-state index in [2.05, 4.69) is 4.98 Å². The van der Waals surface area contributed by atoms with Crippen LogP contribution in [0.15, 0.2) is 60.5 Å². The highest BCUT2D eigenvalue weighted by atomic mass is 16.3. The number of rotatable bonds is 5. The van der Waals surface area contributed by atoms with Crippen molar-refractivity contribution in [3.63, 3.8) is 0 Å². The van der Waals surface area contributed by atoms with Gasteiger partial charge in [0.2, 0.25) is 0 Å². The monoisotopic (exact) mass is 230 g/mol. The number of allylic oxidation sites excluding steroid dienone is 4. The van der Waals surface area contributed by atoms with Gasteiger partial charge in [0.25, 0.3) is 0 Å². The summed E-state index contributed by atoms with van der Waals surface area (Å²) in [4.78, 5) is 4.20. The molecule has 0 aliphatic carbocycles. The van der Waals surface area contributed by atoms with Crippen molar-refractivity contribution in [2.75, 3.05) is 0 Å². The van der Waals surface area contributed by atoms with Gasteiger partial charge in [-0.05, 0) is 31.2 Å². The highest BCUT2D eigenvalue weighted by molar-refractivity contribution is 5.18. The molecule has 17 heavy (non-hydrogen) atoms. The summed E-state index contributed by atoms with van der Waals surface area (Å²) in [5.74, 6) is 0.216. The summed E-state index contributed by atoms with van der Waals surface area (Å²) >= 11 is 0. The molecule has 90 valence electrons. The molecule has 1 rings (SSSR count). The molecule has 3 heteroatoms. The summed E-state index contributed by atoms with van der Waals surface area (Å²) in [6.07, 6.45) is 11.0. The highest BCUT2D eigenvalue weighted by Crippen LogP contribution is 1.99. The SMILES string of the molecule is C\C=C/C(O)=C\C=C\C(N)Cc1ccccn1. The zero-order valence-electron chi connectivity index (χ0n) is 9.95. The summed E-state index contributed by atoms with van der Waals surface area (Å²) in [5.41, 5.74) is 6.87. The molecule has 0 saturated carbocycles. The molecule has 3 N–H and O–H groups in total. The van der Waals surface area contributed by atoms with Gasteiger partial charge in [-0.1, -0.05) is 24.3 Å². The summed E-state index contributed by atoms with van der Waals surface area (Å²) in [5, 5.41) is 9.32. The van der Waals surface area contributed by atoms with Crippen molar-refractivity contribution in [3.05, 3.63) is 66.2 Å². The fraction of sp³-hybridized carbons (Fsp3) is 0.214. The van der Waals surface area contributed by atoms with Gasteiger partial charge in [0, 0.05) is 24.4 Å². The molecule has 1 atom stereocenters. The van der Waals surface area contributed by atoms with Crippen molar-refractivity contribution in [1.29, 1.82) is 0 Å². The first-order chi connectivity index (χ1) is 8.22. The molecule has 0 saturated heterocycles. The van der Waals surface area contributed by atoms with Crippen LogP contribution in [0.2, 0.25) is 0 Å². The zero-order chi connectivity index (χ0) is 12.5. The molecule has 0 bridgehead atoms. The third kappa shape index (κ3) is 5.68. The van der Waals surface area contributed by atoms with Gasteiger partial charge < -0.3 is 10.8 Å². The van der Waals surface area contributed by atoms with E-state index in [0.717, 1.165) is 5.69 Å². The van der Waals surface area contributed by atoms with E-state index in [4.69, 9.17) is 5.73 Å². The normalized spacial score (nSPS) is 14.6. The molecule has 1 aromatic rings. The van der Waals surface area contributed by atoms with Gasteiger partial charge in [0.15, 0.2) is 0 Å². The van der Waals surface area contributed by atoms with Gasteiger partial charge in [-0.15, -0.1) is 0 Å². The van der Waals surface area contributed by atoms with Gasteiger partial charge in [-0.2, -0.15) is 0 Å². The first kappa shape index (κ1) is 13.2. The Morgan fingerprint density at radius 3 is 3.00 bits per heavy atom. The highest BCUT2D eigenvalue weighted by Gasteiger charge is 1.99. The van der Waals surface area contributed by atoms with E-state index in [1.54, 1.807) is 30.5 Å². The number of hydrogen-bond donors (Lipinski definition) is 2. The molecule has 0 aliphatic rings. The van der Waals surface area contributed by atoms with E-state index in [9.17, 15) is 5.11 Å². The maximum Gasteiger partial charge on any atom is 0.115 e. The fourth-order valence-electron chi connectivity index (χ4n) is 1.35. The number of hydrogen-bond acceptors (Lipinski definition) is 3. The Labute approximate surface area is 102 Å². The van der Waals surface area contributed by atoms with E-state index < -0.39 is 0 Å². The third-order valence-corrected chi connectivity index (χ3v) is 2.13. The van der Waals surface area contributed by atoms with Crippen LogP contribution in [0.3, 0.4) is 0 Å². The van der Waals surface area contributed by atoms with Crippen LogP contribution in [0, 0.1) is 0 Å². The molecule has 0 spiro atoms. The smallest absolute Gasteiger partial charge is 0.115 e. The number of nitrogens with zero attached hydrogens (tertiary/aromatic N) is 1. The first-order valence-electron chi connectivity index (χ1n) is 5.58. The Kier molecular flexibility index (Phi) is 5.75. The number of pyridine rings is 1. The van der Waals surface area contributed by atoms with Crippen LogP contribution in [0.5, 0.6) is 0 Å². The molecule has 0 amide bonds. The molecular formula is C14H18N2O. The lowest BCUT2D eigenvalue weighted by Crippen LogP contribution is -2.20. The second-order valence-electron chi connectivity index (χ2n) is 3.67. The van der Waals surface area contributed by atoms with Crippen LogP contribution >= 0.6 is 0 Å². The Balaban J connectivity index is 2.47. The Bertz CT molecular complexity index is 407. The predicted molar refractivity (Wildman–Crippen MR) is 70.6 cm³/mol. The van der Waals surface area contributed by atoms with Crippen LogP contribution in [-0.4, -0.2) is 16.1 Å². The molecule has 0 fully saturated rings. The standard InChI is InChI=1S/C14H18N2O/c1-2-6-14(17)9-5-7-12(15)11-13-8-3-4-10-16-13/h2-10,12,17H,11,15H2,1H3/b6-2-,7-5+,14-9+. The van der Waals surface area contributed by atoms with E-state index in [1.807, 2.05) is 31.2 Å². The van der Waals surface area contributed by atoms with Crippen molar-refractivity contribution in [3.8, 4) is 0 Å². The molecule has 0 aliphatic heterocycles. The van der Waals surface area contributed by atoms with Gasteiger partial charge in [-0.3, -0.25) is 4.98 Å². The molecule has 1 heterocycles. The average molecular weight is 230 g/mol. The van der Waals surface area contributed by atoms with Gasteiger partial charge in [-0.25, -0.2) is 0 Å². The second-order valence-corrected chi connectivity index (χ2v) is 3.67. The Hall–Kier alpha value is -1.87. The summed E-state index contributed by atoms with van der Waals surface area (Å²) in [7, 11) is 0. The maximum atomic E-state index is 9.32. The van der Waals surface area contributed by atoms with Crippen LogP contribution in [0.4, 0.5) is 0 Å². The van der Waals surface area contributed by atoms with E-state index in [0.29, 0.717) is 6.42 Å². The molecule has 1 unspecified atom stereocenters. The summed E-state index contributed by atoms with van der Waals surface area (Å²) in [6.45, 7) is 1.85. The molecule has 0 radical (unpaired) electrons. The quantitative estimate of drug-likeness (QED) is 0.603. The van der Waals surface area contributed by atoms with E-state index >= 15 is 0 Å². The minimum Gasteiger partial charge on any atom is -0.508 e. The largest absolute Gasteiger partial charge is 0.508 e. The number of aromatic nitrogens is 1. The Morgan fingerprint density at radius 2 is 2.35 bits per heavy atom. The zero-order valence-corrected chi connectivity index (χ0v) is 9.95. The van der Waals surface area contributed by atoms with Gasteiger partial charge in [0.05, 0.1) is 0 Å². The molecule has 0 aromatic carbocycles. The van der Waals surface area contributed by atoms with Crippen LogP contribution < -0.4 is 5.73 Å². The van der Waals surface area contributed by atoms with Crippen molar-refractivity contribution in [2.45, 2.75) is 19.4 Å². The lowest BCUT2D eigenvalue weighted by Gasteiger charge is -2.04. The fourth-order valence-corrected chi connectivity index (χ4v) is 1.35. The van der Waals surface area contributed by atoms with E-state index in [1.165, 1.54) is 0 Å². The number of aliphatic hydroxyl groups is 1. The Morgan fingerprint density at radius 1 is 1.53 bits per heavy atom. The van der Waals surface area contributed by atoms with Crippen molar-refractivity contribution < 1.29 is 5.11 Å². The average Bonchev–Trinajstić information content (AvgIpc) is 2.30. The van der Waals surface area contributed by atoms with Crippen molar-refractivity contribution in [2.24, 2.45) is 5.73 Å². The lowest BCUT2D eigenvalue weighted by atomic mass is 10.1. The summed E-state index contributed by atoms with van der Waals surface area (Å²) in [6, 6.07) is 5.67. The van der Waals surface area contributed by atoms with Crippen molar-refractivity contribution >= 4 is 0 Å². The number of nitrogens with two attached hydrogens (primary N) is 1. The number of aliphatic hydroxyl groups excluding tert-OH is 1. The minimum atomic E-state index is -0.0976. The van der Waals surface area contributed by atoms with Gasteiger partial charge in [0.1, 0.15) is 5.76 Å².